The summed E-state index contributed by atoms with van der Waals surface area (Å²) in [5.74, 6) is 1.37. The van der Waals surface area contributed by atoms with Crippen molar-refractivity contribution in [2.45, 2.75) is 20.0 Å². The van der Waals surface area contributed by atoms with Crippen LogP contribution in [0.15, 0.2) is 18.3 Å². The first kappa shape index (κ1) is 8.84. The van der Waals surface area contributed by atoms with Crippen molar-refractivity contribution in [1.82, 2.24) is 4.98 Å². The number of rotatable bonds is 3. The molecule has 0 bridgehead atoms. The van der Waals surface area contributed by atoms with E-state index in [-0.39, 0.29) is 6.10 Å². The zero-order valence-corrected chi connectivity index (χ0v) is 7.57. The van der Waals surface area contributed by atoms with Gasteiger partial charge in [0.25, 0.3) is 0 Å². The van der Waals surface area contributed by atoms with E-state index in [4.69, 9.17) is 9.47 Å². The molecule has 0 aliphatic carbocycles. The molecular formula is C9H13NO2. The fourth-order valence-corrected chi connectivity index (χ4v) is 0.799. The Balaban J connectivity index is 2.65. The van der Waals surface area contributed by atoms with Gasteiger partial charge in [-0.25, -0.2) is 4.98 Å². The van der Waals surface area contributed by atoms with E-state index in [0.29, 0.717) is 5.88 Å². The van der Waals surface area contributed by atoms with Gasteiger partial charge in [-0.05, 0) is 19.9 Å². The second kappa shape index (κ2) is 3.95. The summed E-state index contributed by atoms with van der Waals surface area (Å²) >= 11 is 0. The van der Waals surface area contributed by atoms with Gasteiger partial charge in [0.1, 0.15) is 5.75 Å². The highest BCUT2D eigenvalue weighted by Crippen LogP contribution is 2.13. The van der Waals surface area contributed by atoms with Gasteiger partial charge in [-0.1, -0.05) is 0 Å². The van der Waals surface area contributed by atoms with Crippen molar-refractivity contribution in [1.29, 1.82) is 0 Å². The van der Waals surface area contributed by atoms with E-state index in [1.54, 1.807) is 19.4 Å². The molecule has 0 aliphatic heterocycles. The minimum Gasteiger partial charge on any atom is -0.495 e. The Kier molecular flexibility index (Phi) is 2.91. The average Bonchev–Trinajstić information content (AvgIpc) is 2.05. The molecule has 0 aliphatic rings. The smallest absolute Gasteiger partial charge is 0.213 e. The van der Waals surface area contributed by atoms with Crippen molar-refractivity contribution in [3.8, 4) is 11.6 Å². The topological polar surface area (TPSA) is 31.4 Å². The number of ether oxygens (including phenoxy) is 2. The largest absolute Gasteiger partial charge is 0.495 e. The summed E-state index contributed by atoms with van der Waals surface area (Å²) in [6.07, 6.45) is 1.79. The van der Waals surface area contributed by atoms with Gasteiger partial charge < -0.3 is 9.47 Å². The lowest BCUT2D eigenvalue weighted by Gasteiger charge is -2.08. The van der Waals surface area contributed by atoms with Gasteiger partial charge >= 0.3 is 0 Å². The number of aromatic nitrogens is 1. The number of hydrogen-bond donors (Lipinski definition) is 0. The van der Waals surface area contributed by atoms with Crippen LogP contribution in [0.2, 0.25) is 0 Å². The van der Waals surface area contributed by atoms with Gasteiger partial charge in [0.05, 0.1) is 19.4 Å². The second-order valence-corrected chi connectivity index (χ2v) is 2.70. The zero-order chi connectivity index (χ0) is 8.97. The molecule has 12 heavy (non-hydrogen) atoms. The first-order valence-electron chi connectivity index (χ1n) is 3.89. The van der Waals surface area contributed by atoms with E-state index in [0.717, 1.165) is 5.75 Å². The number of hydrogen-bond acceptors (Lipinski definition) is 3. The molecule has 0 spiro atoms. The highest BCUT2D eigenvalue weighted by Gasteiger charge is 1.98. The van der Waals surface area contributed by atoms with Crippen LogP contribution in [-0.4, -0.2) is 18.2 Å². The van der Waals surface area contributed by atoms with Gasteiger partial charge in [-0.3, -0.25) is 0 Å². The lowest BCUT2D eigenvalue weighted by molar-refractivity contribution is 0.232. The molecule has 1 rings (SSSR count). The lowest BCUT2D eigenvalue weighted by Crippen LogP contribution is -2.06. The molecule has 0 atom stereocenters. The summed E-state index contributed by atoms with van der Waals surface area (Å²) in [5, 5.41) is 0. The molecular weight excluding hydrogens is 154 g/mol. The van der Waals surface area contributed by atoms with Crippen molar-refractivity contribution in [2.75, 3.05) is 7.11 Å². The normalized spacial score (nSPS) is 10.0. The van der Waals surface area contributed by atoms with Gasteiger partial charge in [0, 0.05) is 6.07 Å². The quantitative estimate of drug-likeness (QED) is 0.688. The Morgan fingerprint density at radius 2 is 2.08 bits per heavy atom. The highest BCUT2D eigenvalue weighted by atomic mass is 16.5. The van der Waals surface area contributed by atoms with E-state index in [2.05, 4.69) is 4.98 Å². The van der Waals surface area contributed by atoms with Crippen LogP contribution in [0.1, 0.15) is 13.8 Å². The third-order valence-corrected chi connectivity index (χ3v) is 1.30. The minimum atomic E-state index is 0.158. The summed E-state index contributed by atoms with van der Waals surface area (Å²) in [4.78, 5) is 4.04. The van der Waals surface area contributed by atoms with Crippen LogP contribution in [-0.2, 0) is 0 Å². The molecule has 1 heterocycles. The number of methoxy groups -OCH3 is 1. The van der Waals surface area contributed by atoms with Gasteiger partial charge in [0.2, 0.25) is 5.88 Å². The molecule has 1 aromatic heterocycles. The van der Waals surface area contributed by atoms with E-state index in [1.165, 1.54) is 0 Å². The molecule has 0 N–H and O–H groups in total. The second-order valence-electron chi connectivity index (χ2n) is 2.70. The molecule has 1 aromatic rings. The third-order valence-electron chi connectivity index (χ3n) is 1.30. The van der Waals surface area contributed by atoms with E-state index in [1.807, 2.05) is 19.9 Å². The number of pyridine rings is 1. The van der Waals surface area contributed by atoms with E-state index >= 15 is 0 Å². The molecule has 0 aromatic carbocycles. The maximum Gasteiger partial charge on any atom is 0.213 e. The number of nitrogens with zero attached hydrogens (tertiary/aromatic N) is 1. The first-order valence-corrected chi connectivity index (χ1v) is 3.89. The van der Waals surface area contributed by atoms with Gasteiger partial charge in [-0.15, -0.1) is 0 Å². The Hall–Kier alpha value is -1.25. The molecule has 0 saturated carbocycles. The molecule has 0 fully saturated rings. The predicted molar refractivity (Wildman–Crippen MR) is 46.6 cm³/mol. The van der Waals surface area contributed by atoms with E-state index < -0.39 is 0 Å². The first-order chi connectivity index (χ1) is 5.72. The summed E-state index contributed by atoms with van der Waals surface area (Å²) in [7, 11) is 1.61. The van der Waals surface area contributed by atoms with Crippen molar-refractivity contribution in [3.63, 3.8) is 0 Å². The Bertz CT molecular complexity index is 231. The van der Waals surface area contributed by atoms with Crippen molar-refractivity contribution in [3.05, 3.63) is 18.3 Å². The molecule has 3 heteroatoms. The van der Waals surface area contributed by atoms with Crippen LogP contribution < -0.4 is 9.47 Å². The molecule has 66 valence electrons. The van der Waals surface area contributed by atoms with Gasteiger partial charge in [-0.2, -0.15) is 0 Å². The standard InChI is InChI=1S/C9H13NO2/c1-7(2)12-9-5-4-8(11-3)6-10-9/h4-7H,1-3H3. The lowest BCUT2D eigenvalue weighted by atomic mass is 10.4. The molecule has 0 unspecified atom stereocenters. The monoisotopic (exact) mass is 167 g/mol. The average molecular weight is 167 g/mol. The summed E-state index contributed by atoms with van der Waals surface area (Å²) in [6.45, 7) is 3.93. The van der Waals surface area contributed by atoms with Crippen LogP contribution in [0.5, 0.6) is 11.6 Å². The summed E-state index contributed by atoms with van der Waals surface area (Å²) < 4.78 is 10.3. The minimum absolute atomic E-state index is 0.158. The highest BCUT2D eigenvalue weighted by molar-refractivity contribution is 5.22. The maximum atomic E-state index is 5.35. The zero-order valence-electron chi connectivity index (χ0n) is 7.57. The third kappa shape index (κ3) is 2.42. The molecule has 3 nitrogen and oxygen atoms in total. The molecule has 0 radical (unpaired) electrons. The maximum absolute atomic E-state index is 5.35. The van der Waals surface area contributed by atoms with Crippen LogP contribution in [0.3, 0.4) is 0 Å². The van der Waals surface area contributed by atoms with E-state index in [9.17, 15) is 0 Å². The van der Waals surface area contributed by atoms with Crippen molar-refractivity contribution >= 4 is 0 Å². The SMILES string of the molecule is COc1ccc(OC(C)C)nc1. The fourth-order valence-electron chi connectivity index (χ4n) is 0.799. The fraction of sp³-hybridized carbons (Fsp3) is 0.444. The Labute approximate surface area is 72.3 Å². The van der Waals surface area contributed by atoms with Crippen LogP contribution in [0, 0.1) is 0 Å². The van der Waals surface area contributed by atoms with Gasteiger partial charge in [0.15, 0.2) is 0 Å². The summed E-state index contributed by atoms with van der Waals surface area (Å²) in [6, 6.07) is 3.61. The van der Waals surface area contributed by atoms with Crippen LogP contribution in [0.4, 0.5) is 0 Å². The van der Waals surface area contributed by atoms with Crippen LogP contribution >= 0.6 is 0 Å². The summed E-state index contributed by atoms with van der Waals surface area (Å²) in [5.41, 5.74) is 0. The van der Waals surface area contributed by atoms with Crippen LogP contribution in [0.25, 0.3) is 0 Å². The van der Waals surface area contributed by atoms with Crippen molar-refractivity contribution in [2.24, 2.45) is 0 Å². The van der Waals surface area contributed by atoms with Crippen molar-refractivity contribution < 1.29 is 9.47 Å². The Morgan fingerprint density at radius 1 is 1.33 bits per heavy atom. The predicted octanol–water partition coefficient (Wildman–Crippen LogP) is 1.88. The Morgan fingerprint density at radius 3 is 2.50 bits per heavy atom. The molecule has 0 amide bonds. The molecule has 0 saturated heterocycles.